The van der Waals surface area contributed by atoms with Gasteiger partial charge in [0.25, 0.3) is 5.91 Å². The Morgan fingerprint density at radius 3 is 2.78 bits per heavy atom. The largest absolute Gasteiger partial charge is 0.495 e. The lowest BCUT2D eigenvalue weighted by Crippen LogP contribution is -2.40. The Balaban J connectivity index is 1.89. The van der Waals surface area contributed by atoms with Gasteiger partial charge in [0.05, 0.1) is 37.0 Å². The SMILES string of the molecule is C=C/C(C#Cc1ccccc1OC)=C\C(C(=O)NC(CO)Cc1c[nH]c2ccncc12)=C(/C)OC(C)C. The third-order valence-corrected chi connectivity index (χ3v) is 5.60. The van der Waals surface area contributed by atoms with Gasteiger partial charge in [0.1, 0.15) is 11.5 Å². The first-order valence-corrected chi connectivity index (χ1v) is 12.0. The van der Waals surface area contributed by atoms with Crippen LogP contribution in [0.5, 0.6) is 5.75 Å². The van der Waals surface area contributed by atoms with Crippen LogP contribution in [0.3, 0.4) is 0 Å². The number of aromatic nitrogens is 2. The molecule has 0 spiro atoms. The summed E-state index contributed by atoms with van der Waals surface area (Å²) in [4.78, 5) is 20.8. The van der Waals surface area contributed by atoms with Gasteiger partial charge in [0.15, 0.2) is 0 Å². The topological polar surface area (TPSA) is 96.5 Å². The van der Waals surface area contributed by atoms with Crippen LogP contribution in [-0.4, -0.2) is 46.8 Å². The Bertz CT molecular complexity index is 1370. The van der Waals surface area contributed by atoms with Crippen LogP contribution in [0.1, 0.15) is 31.9 Å². The third kappa shape index (κ3) is 7.35. The van der Waals surface area contributed by atoms with Gasteiger partial charge in [0.2, 0.25) is 0 Å². The van der Waals surface area contributed by atoms with Crippen LogP contribution in [0.2, 0.25) is 0 Å². The second kappa shape index (κ2) is 13.1. The molecule has 37 heavy (non-hydrogen) atoms. The van der Waals surface area contributed by atoms with E-state index in [-0.39, 0.29) is 18.6 Å². The molecular formula is C30H33N3O4. The molecule has 7 heteroatoms. The van der Waals surface area contributed by atoms with Crippen LogP contribution in [-0.2, 0) is 16.0 Å². The molecule has 2 heterocycles. The van der Waals surface area contributed by atoms with Crippen molar-refractivity contribution in [3.05, 3.63) is 95.7 Å². The first kappa shape index (κ1) is 27.3. The monoisotopic (exact) mass is 499 g/mol. The summed E-state index contributed by atoms with van der Waals surface area (Å²) in [6.45, 7) is 9.14. The predicted octanol–water partition coefficient (Wildman–Crippen LogP) is 4.45. The molecule has 0 fully saturated rings. The number of carbonyl (C=O) groups is 1. The molecule has 1 atom stereocenters. The molecule has 0 aliphatic heterocycles. The van der Waals surface area contributed by atoms with Gasteiger partial charge in [-0.2, -0.15) is 0 Å². The number of methoxy groups -OCH3 is 1. The number of benzene rings is 1. The summed E-state index contributed by atoms with van der Waals surface area (Å²) in [5.41, 5.74) is 3.45. The molecule has 3 aromatic rings. The van der Waals surface area contributed by atoms with Crippen LogP contribution >= 0.6 is 0 Å². The van der Waals surface area contributed by atoms with Gasteiger partial charge in [-0.05, 0) is 57.0 Å². The summed E-state index contributed by atoms with van der Waals surface area (Å²) in [7, 11) is 1.59. The molecule has 7 nitrogen and oxygen atoms in total. The van der Waals surface area contributed by atoms with Gasteiger partial charge in [-0.1, -0.05) is 36.6 Å². The average Bonchev–Trinajstić information content (AvgIpc) is 3.30. The molecule has 0 radical (unpaired) electrons. The number of nitrogens with zero attached hydrogens (tertiary/aromatic N) is 1. The summed E-state index contributed by atoms with van der Waals surface area (Å²) < 4.78 is 11.2. The van der Waals surface area contributed by atoms with E-state index in [1.165, 1.54) is 0 Å². The van der Waals surface area contributed by atoms with E-state index in [2.05, 4.69) is 33.7 Å². The average molecular weight is 500 g/mol. The smallest absolute Gasteiger partial charge is 0.255 e. The molecule has 1 aromatic carbocycles. The summed E-state index contributed by atoms with van der Waals surface area (Å²) in [6.07, 6.45) is 8.87. The predicted molar refractivity (Wildman–Crippen MR) is 146 cm³/mol. The van der Waals surface area contributed by atoms with Crippen molar-refractivity contribution < 1.29 is 19.4 Å². The lowest BCUT2D eigenvalue weighted by molar-refractivity contribution is -0.118. The standard InChI is InChI=1S/C30H33N3O4/c1-6-22(11-12-23-9-7-8-10-29(23)36-5)15-26(21(4)37-20(2)3)30(35)33-25(19-34)16-24-17-32-28-13-14-31-18-27(24)28/h6-10,13-15,17-18,20,25,32,34H,1,16,19H2,2-5H3,(H,33,35)/b22-15+,26-21-. The van der Waals surface area contributed by atoms with Gasteiger partial charge < -0.3 is 24.9 Å². The Hall–Kier alpha value is -4.28. The van der Waals surface area contributed by atoms with E-state index < -0.39 is 6.04 Å². The van der Waals surface area contributed by atoms with Crippen LogP contribution in [0, 0.1) is 11.8 Å². The van der Waals surface area contributed by atoms with Gasteiger partial charge in [-0.3, -0.25) is 9.78 Å². The number of H-pyrrole nitrogens is 1. The number of amides is 1. The zero-order chi connectivity index (χ0) is 26.8. The number of aliphatic hydroxyl groups is 1. The van der Waals surface area contributed by atoms with Gasteiger partial charge >= 0.3 is 0 Å². The van der Waals surface area contributed by atoms with Crippen LogP contribution in [0.15, 0.2) is 84.6 Å². The highest BCUT2D eigenvalue weighted by Crippen LogP contribution is 2.20. The Labute approximate surface area is 217 Å². The number of fused-ring (bicyclic) bond motifs is 1. The molecule has 0 saturated heterocycles. The highest BCUT2D eigenvalue weighted by Gasteiger charge is 2.19. The first-order valence-electron chi connectivity index (χ1n) is 12.0. The lowest BCUT2D eigenvalue weighted by Gasteiger charge is -2.19. The van der Waals surface area contributed by atoms with E-state index >= 15 is 0 Å². The summed E-state index contributed by atoms with van der Waals surface area (Å²) in [6, 6.07) is 8.80. The highest BCUT2D eigenvalue weighted by molar-refractivity contribution is 5.97. The van der Waals surface area contributed by atoms with Crippen molar-refractivity contribution in [3.8, 4) is 17.6 Å². The summed E-state index contributed by atoms with van der Waals surface area (Å²) in [5.74, 6) is 6.86. The van der Waals surface area contributed by atoms with Crippen molar-refractivity contribution in [3.63, 3.8) is 0 Å². The van der Waals surface area contributed by atoms with Gasteiger partial charge in [0, 0.05) is 35.1 Å². The van der Waals surface area contributed by atoms with E-state index in [0.29, 0.717) is 29.1 Å². The molecule has 192 valence electrons. The minimum atomic E-state index is -0.520. The molecule has 0 saturated carbocycles. The number of pyridine rings is 1. The first-order chi connectivity index (χ1) is 17.9. The Morgan fingerprint density at radius 2 is 2.08 bits per heavy atom. The zero-order valence-corrected chi connectivity index (χ0v) is 21.7. The molecule has 1 unspecified atom stereocenters. The molecule has 1 amide bonds. The Morgan fingerprint density at radius 1 is 1.30 bits per heavy atom. The highest BCUT2D eigenvalue weighted by atomic mass is 16.5. The van der Waals surface area contributed by atoms with E-state index in [1.807, 2.05) is 50.4 Å². The van der Waals surface area contributed by atoms with Crippen LogP contribution < -0.4 is 10.1 Å². The van der Waals surface area contributed by atoms with E-state index in [0.717, 1.165) is 22.0 Å². The van der Waals surface area contributed by atoms with E-state index in [1.54, 1.807) is 38.6 Å². The maximum atomic E-state index is 13.4. The number of ether oxygens (including phenoxy) is 2. The van der Waals surface area contributed by atoms with Crippen molar-refractivity contribution in [2.24, 2.45) is 0 Å². The maximum Gasteiger partial charge on any atom is 0.255 e. The maximum absolute atomic E-state index is 13.4. The minimum absolute atomic E-state index is 0.129. The van der Waals surface area contributed by atoms with E-state index in [9.17, 15) is 9.90 Å². The van der Waals surface area contributed by atoms with Crippen molar-refractivity contribution in [2.75, 3.05) is 13.7 Å². The summed E-state index contributed by atoms with van der Waals surface area (Å²) >= 11 is 0. The molecular weight excluding hydrogens is 466 g/mol. The fourth-order valence-corrected chi connectivity index (χ4v) is 3.81. The quantitative estimate of drug-likeness (QED) is 0.166. The number of allylic oxidation sites excluding steroid dienone is 3. The molecule has 0 bridgehead atoms. The van der Waals surface area contributed by atoms with Crippen LogP contribution in [0.4, 0.5) is 0 Å². The van der Waals surface area contributed by atoms with E-state index in [4.69, 9.17) is 9.47 Å². The number of rotatable bonds is 10. The van der Waals surface area contributed by atoms with Crippen molar-refractivity contribution >= 4 is 16.8 Å². The van der Waals surface area contributed by atoms with Gasteiger partial charge in [-0.25, -0.2) is 0 Å². The number of hydrogen-bond acceptors (Lipinski definition) is 5. The number of carbonyl (C=O) groups excluding carboxylic acids is 1. The lowest BCUT2D eigenvalue weighted by atomic mass is 10.0. The fourth-order valence-electron chi connectivity index (χ4n) is 3.81. The third-order valence-electron chi connectivity index (χ3n) is 5.60. The summed E-state index contributed by atoms with van der Waals surface area (Å²) in [5, 5.41) is 13.9. The van der Waals surface area contributed by atoms with Crippen molar-refractivity contribution in [1.82, 2.24) is 15.3 Å². The zero-order valence-electron chi connectivity index (χ0n) is 21.7. The minimum Gasteiger partial charge on any atom is -0.495 e. The second-order valence-electron chi connectivity index (χ2n) is 8.68. The fraction of sp³-hybridized carbons (Fsp3) is 0.267. The van der Waals surface area contributed by atoms with Gasteiger partial charge in [-0.15, -0.1) is 0 Å². The van der Waals surface area contributed by atoms with Crippen molar-refractivity contribution in [2.45, 2.75) is 39.3 Å². The molecule has 3 rings (SSSR count). The molecule has 0 aliphatic rings. The second-order valence-corrected chi connectivity index (χ2v) is 8.68. The Kier molecular flexibility index (Phi) is 9.70. The number of nitrogens with one attached hydrogen (secondary N) is 2. The van der Waals surface area contributed by atoms with Crippen molar-refractivity contribution in [1.29, 1.82) is 0 Å². The molecule has 0 aliphatic carbocycles. The number of para-hydroxylation sites is 1. The normalized spacial score (nSPS) is 12.9. The number of aromatic amines is 1. The number of aliphatic hydroxyl groups excluding tert-OH is 1. The number of hydrogen-bond donors (Lipinski definition) is 3. The molecule has 2 aromatic heterocycles. The molecule has 3 N–H and O–H groups in total. The van der Waals surface area contributed by atoms with Crippen LogP contribution in [0.25, 0.3) is 10.9 Å².